The quantitative estimate of drug-likeness (QED) is 0.862. The molecule has 1 aliphatic heterocycles. The Bertz CT molecular complexity index is 440. The summed E-state index contributed by atoms with van der Waals surface area (Å²) in [5, 5.41) is 9.88. The van der Waals surface area contributed by atoms with Crippen molar-refractivity contribution in [1.29, 1.82) is 0 Å². The van der Waals surface area contributed by atoms with Crippen molar-refractivity contribution in [3.63, 3.8) is 0 Å². The van der Waals surface area contributed by atoms with Gasteiger partial charge in [0.15, 0.2) is 0 Å². The largest absolute Gasteiger partial charge is 0.396 e. The molecular weight excluding hydrogens is 326 g/mol. The smallest absolute Gasteiger partial charge is 0.0451 e. The first kappa shape index (κ1) is 15.3. The van der Waals surface area contributed by atoms with Gasteiger partial charge in [0, 0.05) is 28.2 Å². The van der Waals surface area contributed by atoms with Crippen LogP contribution in [0.2, 0.25) is 5.02 Å². The Hall–Kier alpha value is -0.0900. The molecule has 0 radical (unpaired) electrons. The molecule has 1 unspecified atom stereocenters. The lowest BCUT2D eigenvalue weighted by Gasteiger charge is -2.35. The molecule has 1 aromatic carbocycles. The van der Waals surface area contributed by atoms with Gasteiger partial charge in [-0.15, -0.1) is 0 Å². The van der Waals surface area contributed by atoms with Crippen LogP contribution in [-0.2, 0) is 6.54 Å². The molecular formula is C15H21BrClNO. The monoisotopic (exact) mass is 345 g/mol. The fraction of sp³-hybridized carbons (Fsp3) is 0.600. The van der Waals surface area contributed by atoms with Gasteiger partial charge in [0.2, 0.25) is 0 Å². The number of hydrogen-bond acceptors (Lipinski definition) is 2. The van der Waals surface area contributed by atoms with Crippen LogP contribution in [-0.4, -0.2) is 28.7 Å². The summed E-state index contributed by atoms with van der Waals surface area (Å²) >= 11 is 9.79. The predicted molar refractivity (Wildman–Crippen MR) is 83.5 cm³/mol. The summed E-state index contributed by atoms with van der Waals surface area (Å²) in [6, 6.07) is 6.02. The molecule has 1 saturated heterocycles. The van der Waals surface area contributed by atoms with Crippen molar-refractivity contribution in [1.82, 2.24) is 4.90 Å². The van der Waals surface area contributed by atoms with Gasteiger partial charge in [-0.1, -0.05) is 27.5 Å². The molecule has 0 aromatic heterocycles. The van der Waals surface area contributed by atoms with Gasteiger partial charge in [0.1, 0.15) is 0 Å². The molecule has 2 nitrogen and oxygen atoms in total. The van der Waals surface area contributed by atoms with Crippen molar-refractivity contribution >= 4 is 27.5 Å². The van der Waals surface area contributed by atoms with Crippen molar-refractivity contribution < 1.29 is 5.11 Å². The van der Waals surface area contributed by atoms with Crippen LogP contribution in [0.5, 0.6) is 0 Å². The molecule has 2 rings (SSSR count). The topological polar surface area (TPSA) is 23.5 Å². The standard InChI is InChI=1S/C15H21BrClNO/c1-15(7-3-9-19)6-2-8-18(15)11-12-10-13(16)4-5-14(12)17/h4-5,10,19H,2-3,6-9,11H2,1H3. The lowest BCUT2D eigenvalue weighted by Crippen LogP contribution is -2.40. The molecule has 4 heteroatoms. The highest BCUT2D eigenvalue weighted by atomic mass is 79.9. The lowest BCUT2D eigenvalue weighted by atomic mass is 9.92. The summed E-state index contributed by atoms with van der Waals surface area (Å²) in [6.07, 6.45) is 4.36. The third kappa shape index (κ3) is 3.72. The molecule has 0 amide bonds. The van der Waals surface area contributed by atoms with Crippen molar-refractivity contribution in [2.45, 2.75) is 44.7 Å². The van der Waals surface area contributed by atoms with Crippen LogP contribution in [0.1, 0.15) is 38.2 Å². The summed E-state index contributed by atoms with van der Waals surface area (Å²) in [5.41, 5.74) is 1.38. The van der Waals surface area contributed by atoms with Gasteiger partial charge < -0.3 is 5.11 Å². The maximum atomic E-state index is 9.05. The van der Waals surface area contributed by atoms with Gasteiger partial charge >= 0.3 is 0 Å². The van der Waals surface area contributed by atoms with Gasteiger partial charge in [0.25, 0.3) is 0 Å². The molecule has 1 atom stereocenters. The van der Waals surface area contributed by atoms with E-state index >= 15 is 0 Å². The first-order valence-electron chi connectivity index (χ1n) is 6.85. The summed E-state index contributed by atoms with van der Waals surface area (Å²) in [5.74, 6) is 0. The summed E-state index contributed by atoms with van der Waals surface area (Å²) < 4.78 is 1.07. The highest BCUT2D eigenvalue weighted by Crippen LogP contribution is 2.35. The average molecular weight is 347 g/mol. The molecule has 0 aliphatic carbocycles. The molecule has 1 fully saturated rings. The van der Waals surface area contributed by atoms with Crippen LogP contribution in [0, 0.1) is 0 Å². The Balaban J connectivity index is 2.10. The first-order chi connectivity index (χ1) is 9.05. The number of hydrogen-bond donors (Lipinski definition) is 1. The number of halogens is 2. The van der Waals surface area contributed by atoms with E-state index in [2.05, 4.69) is 33.8 Å². The second-order valence-corrected chi connectivity index (χ2v) is 6.91. The molecule has 19 heavy (non-hydrogen) atoms. The fourth-order valence-corrected chi connectivity index (χ4v) is 3.55. The molecule has 0 bridgehead atoms. The van der Waals surface area contributed by atoms with E-state index in [1.165, 1.54) is 18.4 Å². The van der Waals surface area contributed by atoms with Gasteiger partial charge in [-0.3, -0.25) is 4.90 Å². The fourth-order valence-electron chi connectivity index (χ4n) is 2.96. The Morgan fingerprint density at radius 1 is 1.47 bits per heavy atom. The highest BCUT2D eigenvalue weighted by molar-refractivity contribution is 9.10. The Labute approximate surface area is 128 Å². The molecule has 1 aromatic rings. The van der Waals surface area contributed by atoms with Crippen LogP contribution in [0.3, 0.4) is 0 Å². The van der Waals surface area contributed by atoms with Gasteiger partial charge in [-0.25, -0.2) is 0 Å². The van der Waals surface area contributed by atoms with Crippen LogP contribution in [0.15, 0.2) is 22.7 Å². The van der Waals surface area contributed by atoms with Crippen molar-refractivity contribution in [3.8, 4) is 0 Å². The number of likely N-dealkylation sites (tertiary alicyclic amines) is 1. The minimum Gasteiger partial charge on any atom is -0.396 e. The van der Waals surface area contributed by atoms with Gasteiger partial charge in [-0.05, 0) is 62.9 Å². The SMILES string of the molecule is CC1(CCCO)CCCN1Cc1cc(Br)ccc1Cl. The van der Waals surface area contributed by atoms with Crippen molar-refractivity contribution in [2.24, 2.45) is 0 Å². The van der Waals surface area contributed by atoms with Crippen LogP contribution in [0.4, 0.5) is 0 Å². The molecule has 106 valence electrons. The minimum absolute atomic E-state index is 0.203. The predicted octanol–water partition coefficient (Wildman–Crippen LogP) is 4.23. The maximum Gasteiger partial charge on any atom is 0.0451 e. The van der Waals surface area contributed by atoms with Crippen molar-refractivity contribution in [2.75, 3.05) is 13.2 Å². The third-order valence-electron chi connectivity index (χ3n) is 4.15. The van der Waals surface area contributed by atoms with Crippen LogP contribution < -0.4 is 0 Å². The summed E-state index contributed by atoms with van der Waals surface area (Å²) in [6.45, 7) is 4.59. The van der Waals surface area contributed by atoms with Crippen LogP contribution >= 0.6 is 27.5 Å². The molecule has 0 spiro atoms. The van der Waals surface area contributed by atoms with E-state index < -0.39 is 0 Å². The molecule has 1 N–H and O–H groups in total. The molecule has 1 aliphatic rings. The average Bonchev–Trinajstić information content (AvgIpc) is 2.74. The van der Waals surface area contributed by atoms with E-state index in [0.717, 1.165) is 35.4 Å². The zero-order chi connectivity index (χ0) is 13.9. The highest BCUT2D eigenvalue weighted by Gasteiger charge is 2.35. The zero-order valence-electron chi connectivity index (χ0n) is 11.3. The minimum atomic E-state index is 0.203. The second kappa shape index (κ2) is 6.57. The summed E-state index contributed by atoms with van der Waals surface area (Å²) in [7, 11) is 0. The lowest BCUT2D eigenvalue weighted by molar-refractivity contribution is 0.125. The van der Waals surface area contributed by atoms with E-state index in [1.807, 2.05) is 12.1 Å². The number of rotatable bonds is 5. The normalized spacial score (nSPS) is 24.0. The van der Waals surface area contributed by atoms with Crippen molar-refractivity contribution in [3.05, 3.63) is 33.3 Å². The Morgan fingerprint density at radius 2 is 2.26 bits per heavy atom. The first-order valence-corrected chi connectivity index (χ1v) is 8.02. The number of nitrogens with zero attached hydrogens (tertiary/aromatic N) is 1. The van der Waals surface area contributed by atoms with E-state index in [-0.39, 0.29) is 12.1 Å². The van der Waals surface area contributed by atoms with Gasteiger partial charge in [-0.2, -0.15) is 0 Å². The Morgan fingerprint density at radius 3 is 3.00 bits per heavy atom. The number of benzene rings is 1. The number of aliphatic hydroxyl groups is 1. The molecule has 0 saturated carbocycles. The number of aliphatic hydroxyl groups excluding tert-OH is 1. The van der Waals surface area contributed by atoms with E-state index in [0.29, 0.717) is 0 Å². The zero-order valence-corrected chi connectivity index (χ0v) is 13.7. The van der Waals surface area contributed by atoms with E-state index in [9.17, 15) is 0 Å². The van der Waals surface area contributed by atoms with Crippen LogP contribution in [0.25, 0.3) is 0 Å². The third-order valence-corrected chi connectivity index (χ3v) is 5.01. The van der Waals surface area contributed by atoms with E-state index in [4.69, 9.17) is 16.7 Å². The second-order valence-electron chi connectivity index (χ2n) is 5.58. The Kier molecular flexibility index (Phi) is 5.29. The maximum absolute atomic E-state index is 9.05. The molecule has 1 heterocycles. The van der Waals surface area contributed by atoms with Gasteiger partial charge in [0.05, 0.1) is 0 Å². The summed E-state index contributed by atoms with van der Waals surface area (Å²) in [4.78, 5) is 2.51. The van der Waals surface area contributed by atoms with E-state index in [1.54, 1.807) is 0 Å².